The highest BCUT2D eigenvalue weighted by molar-refractivity contribution is 6.68. The Kier molecular flexibility index (Phi) is 11.6. The van der Waals surface area contributed by atoms with E-state index in [1.165, 1.54) is 24.3 Å². The Hall–Kier alpha value is -5.61. The highest BCUT2D eigenvalue weighted by atomic mass is 16.7. The van der Waals surface area contributed by atoms with Gasteiger partial charge in [0.05, 0.1) is 23.9 Å². The molecule has 0 aromatic heterocycles. The zero-order chi connectivity index (χ0) is 45.1. The van der Waals surface area contributed by atoms with Gasteiger partial charge in [0.1, 0.15) is 36.9 Å². The Morgan fingerprint density at radius 2 is 1.80 bits per heavy atom. The zero-order valence-corrected chi connectivity index (χ0v) is 34.5. The predicted octanol–water partition coefficient (Wildman–Crippen LogP) is -0.521. The van der Waals surface area contributed by atoms with Crippen LogP contribution in [0, 0.1) is 5.41 Å². The van der Waals surface area contributed by atoms with Crippen molar-refractivity contribution in [1.29, 1.82) is 5.41 Å². The van der Waals surface area contributed by atoms with Crippen molar-refractivity contribution in [3.8, 4) is 11.5 Å². The molecule has 3 aromatic rings. The smallest absolute Gasteiger partial charge is 0.284 e. The number of ketones is 2. The lowest BCUT2D eigenvalue weighted by Crippen LogP contribution is -3.09. The van der Waals surface area contributed by atoms with Crippen LogP contribution in [0.4, 0.5) is 5.69 Å². The Morgan fingerprint density at radius 3 is 2.55 bits per heavy atom. The van der Waals surface area contributed by atoms with Crippen molar-refractivity contribution in [2.75, 3.05) is 26.5 Å². The molecule has 1 spiro atoms. The lowest BCUT2D eigenvalue weighted by Gasteiger charge is -2.52. The van der Waals surface area contributed by atoms with Crippen molar-refractivity contribution < 1.29 is 73.7 Å². The SMILES string of the molecule is N=C1N=C2C(=NC[NH+]2c2ccccc2[C@@H]2CCOC3(CCCC3)[C@@H]3O[C@H](Oc4c2cc2c(c4OC[C@H](O)CC=O)C(=O)c4cc(CO)ccc4C2=O)[C@](O)(CCO)[C@H](O)[C@H]3O)C(=O)N1. The van der Waals surface area contributed by atoms with Crippen LogP contribution in [-0.2, 0) is 25.7 Å². The van der Waals surface area contributed by atoms with Crippen molar-refractivity contribution in [2.24, 2.45) is 9.98 Å². The number of aliphatic imine (C=N–C) groups is 2. The van der Waals surface area contributed by atoms with Gasteiger partial charge in [0.2, 0.25) is 18.0 Å². The second-order valence-electron chi connectivity index (χ2n) is 17.0. The third kappa shape index (κ3) is 7.17. The number of guanidine groups is 1. The first-order chi connectivity index (χ1) is 30.8. The fourth-order valence-corrected chi connectivity index (χ4v) is 10.0. The fourth-order valence-electron chi connectivity index (χ4n) is 10.0. The van der Waals surface area contributed by atoms with Gasteiger partial charge in [-0.3, -0.25) is 25.1 Å². The lowest BCUT2D eigenvalue weighted by molar-refractivity contribution is -0.723. The van der Waals surface area contributed by atoms with Crippen LogP contribution in [0.3, 0.4) is 0 Å². The molecule has 1 unspecified atom stereocenters. The Bertz CT molecular complexity index is 2500. The van der Waals surface area contributed by atoms with E-state index in [2.05, 4.69) is 15.3 Å². The van der Waals surface area contributed by atoms with Gasteiger partial charge in [0.15, 0.2) is 35.3 Å². The zero-order valence-electron chi connectivity index (χ0n) is 34.5. The number of aliphatic hydroxyl groups is 6. The summed E-state index contributed by atoms with van der Waals surface area (Å²) in [6, 6.07) is 13.0. The van der Waals surface area contributed by atoms with Crippen molar-refractivity contribution in [1.82, 2.24) is 5.32 Å². The summed E-state index contributed by atoms with van der Waals surface area (Å²) in [6.45, 7) is -1.71. The number of carbonyl (C=O) groups is 4. The number of fused-ring (bicyclic) bond motifs is 7. The highest BCUT2D eigenvalue weighted by Crippen LogP contribution is 2.52. The summed E-state index contributed by atoms with van der Waals surface area (Å²) >= 11 is 0. The largest absolute Gasteiger partial charge is 0.486 e. The van der Waals surface area contributed by atoms with E-state index in [0.717, 1.165) is 0 Å². The van der Waals surface area contributed by atoms with Gasteiger partial charge >= 0.3 is 0 Å². The number of benzene rings is 3. The summed E-state index contributed by atoms with van der Waals surface area (Å²) in [6.07, 6.45) is -6.41. The molecule has 2 aliphatic carbocycles. The van der Waals surface area contributed by atoms with E-state index in [1.54, 1.807) is 18.2 Å². The number of para-hydroxylation sites is 1. The normalized spacial score (nSPS) is 28.7. The molecule has 4 heterocycles. The van der Waals surface area contributed by atoms with Gasteiger partial charge in [-0.1, -0.05) is 37.1 Å². The number of aliphatic hydroxyl groups excluding tert-OH is 5. The van der Waals surface area contributed by atoms with E-state index >= 15 is 0 Å². The maximum absolute atomic E-state index is 14.8. The minimum Gasteiger partial charge on any atom is -0.486 e. The fraction of sp³-hybridized carbons (Fsp3) is 0.444. The van der Waals surface area contributed by atoms with Crippen molar-refractivity contribution in [3.05, 3.63) is 87.5 Å². The third-order valence-corrected chi connectivity index (χ3v) is 13.2. The van der Waals surface area contributed by atoms with Gasteiger partial charge in [-0.05, 0) is 49.1 Å². The van der Waals surface area contributed by atoms with Crippen LogP contribution in [-0.4, -0.2) is 140 Å². The summed E-state index contributed by atoms with van der Waals surface area (Å²) in [5.41, 5.74) is -2.41. The second kappa shape index (κ2) is 17.1. The monoisotopic (exact) mass is 882 g/mol. The summed E-state index contributed by atoms with van der Waals surface area (Å²) in [7, 11) is 0. The molecule has 2 fully saturated rings. The maximum atomic E-state index is 14.8. The molecule has 19 heteroatoms. The second-order valence-corrected chi connectivity index (χ2v) is 17.0. The van der Waals surface area contributed by atoms with E-state index < -0.39 is 91.5 Å². The number of quaternary nitrogens is 1. The van der Waals surface area contributed by atoms with E-state index in [4.69, 9.17) is 24.4 Å². The molecular weight excluding hydrogens is 835 g/mol. The molecule has 64 heavy (non-hydrogen) atoms. The van der Waals surface area contributed by atoms with E-state index in [-0.39, 0.29) is 82.9 Å². The van der Waals surface area contributed by atoms with Crippen LogP contribution in [0.5, 0.6) is 11.5 Å². The van der Waals surface area contributed by atoms with E-state index in [0.29, 0.717) is 53.7 Å². The molecule has 3 aromatic carbocycles. The molecule has 9 rings (SSSR count). The molecule has 8 atom stereocenters. The number of hydrogen-bond acceptors (Lipinski definition) is 16. The number of aldehydes is 1. The molecule has 1 amide bonds. The third-order valence-electron chi connectivity index (χ3n) is 13.2. The van der Waals surface area contributed by atoms with Gasteiger partial charge in [-0.25, -0.2) is 9.89 Å². The number of amides is 1. The minimum absolute atomic E-state index is 0.0112. The van der Waals surface area contributed by atoms with E-state index in [9.17, 15) is 49.8 Å². The Labute approximate surface area is 365 Å². The topological polar surface area (TPSA) is 292 Å². The molecule has 19 nitrogen and oxygen atoms in total. The van der Waals surface area contributed by atoms with Crippen LogP contribution < -0.4 is 19.7 Å². The Balaban J connectivity index is 1.32. The van der Waals surface area contributed by atoms with E-state index in [1.807, 2.05) is 6.07 Å². The van der Waals surface area contributed by atoms with Gasteiger partial charge < -0.3 is 54.4 Å². The Morgan fingerprint density at radius 1 is 1.02 bits per heavy atom. The summed E-state index contributed by atoms with van der Waals surface area (Å²) in [4.78, 5) is 63.4. The number of hydrogen-bond donors (Lipinski definition) is 9. The molecule has 2 bridgehead atoms. The van der Waals surface area contributed by atoms with Crippen molar-refractivity contribution in [3.63, 3.8) is 0 Å². The van der Waals surface area contributed by atoms with Gasteiger partial charge in [0.25, 0.3) is 11.7 Å². The van der Waals surface area contributed by atoms with Gasteiger partial charge in [-0.15, -0.1) is 0 Å². The van der Waals surface area contributed by atoms with Crippen LogP contribution in [0.1, 0.15) is 99.4 Å². The first kappa shape index (κ1) is 43.6. The van der Waals surface area contributed by atoms with Gasteiger partial charge in [0, 0.05) is 59.8 Å². The van der Waals surface area contributed by atoms with Crippen LogP contribution >= 0.6 is 0 Å². The van der Waals surface area contributed by atoms with Crippen LogP contribution in [0.15, 0.2) is 58.5 Å². The standard InChI is InChI=1S/C45H47N5O14/c46-43-48-40-32(41(59)49-43)47-21-50(40)30-6-2-1-5-25(30)24-10-16-62-44(11-3-4-12-44)39-35(57)38(58)45(60,13-15-52)42(64-39)63-36-28(24)18-29-31(37(36)61-20-23(54)9-14-51)34(56)27-17-22(19-53)7-8-26(27)33(29)55/h1-2,5-8,14,17-18,23-24,35,38-39,42,52-54,57-58,60H,3-4,9-13,15-16,19-21H2,(H2,46,49,59)/p+1/t23-,24+,35-,38-,39-,42+,45+/m1/s1. The van der Waals surface area contributed by atoms with Crippen LogP contribution in [0.25, 0.3) is 0 Å². The molecule has 0 radical (unpaired) electrons. The highest BCUT2D eigenvalue weighted by Gasteiger charge is 2.62. The molecule has 9 N–H and O–H groups in total. The number of nitrogens with one attached hydrogen (secondary N) is 3. The molecule has 6 aliphatic rings. The minimum atomic E-state index is -2.51. The maximum Gasteiger partial charge on any atom is 0.284 e. The lowest BCUT2D eigenvalue weighted by atomic mass is 9.78. The number of amidine groups is 1. The predicted molar refractivity (Wildman–Crippen MR) is 222 cm³/mol. The first-order valence-electron chi connectivity index (χ1n) is 21.3. The van der Waals surface area contributed by atoms with Gasteiger partial charge in [-0.2, -0.15) is 4.99 Å². The first-order valence-corrected chi connectivity index (χ1v) is 21.3. The molecule has 4 aliphatic heterocycles. The van der Waals surface area contributed by atoms with Crippen LogP contribution in [0.2, 0.25) is 0 Å². The number of ether oxygens (including phenoxy) is 4. The molecule has 336 valence electrons. The number of carbonyl (C=O) groups excluding carboxylic acids is 4. The van der Waals surface area contributed by atoms with Crippen molar-refractivity contribution in [2.45, 2.75) is 99.4 Å². The van der Waals surface area contributed by atoms with Crippen molar-refractivity contribution >= 4 is 47.0 Å². The average molecular weight is 883 g/mol. The molecule has 1 saturated heterocycles. The average Bonchev–Trinajstić information content (AvgIpc) is 3.94. The quantitative estimate of drug-likeness (QED) is 0.0907. The molecule has 1 saturated carbocycles. The summed E-state index contributed by atoms with van der Waals surface area (Å²) in [5.74, 6) is -3.57. The summed E-state index contributed by atoms with van der Waals surface area (Å²) in [5, 5.41) is 77.6. The number of rotatable bonds is 10. The molecular formula is C45H48N5O14+. The summed E-state index contributed by atoms with van der Waals surface area (Å²) < 4.78 is 26.5. The number of nitrogens with zero attached hydrogens (tertiary/aromatic N) is 2.